The van der Waals surface area contributed by atoms with Crippen molar-refractivity contribution < 1.29 is 4.79 Å². The quantitative estimate of drug-likeness (QED) is 0.715. The number of allylic oxidation sites excluding steroid dienone is 4. The largest absolute Gasteiger partial charge is 0.273 e. The van der Waals surface area contributed by atoms with Crippen LogP contribution in [-0.2, 0) is 4.79 Å². The van der Waals surface area contributed by atoms with Gasteiger partial charge in [0.2, 0.25) is 5.91 Å². The fourth-order valence-electron chi connectivity index (χ4n) is 1.54. The van der Waals surface area contributed by atoms with Crippen molar-refractivity contribution in [2.45, 2.75) is 19.4 Å². The molecular weight excluding hydrogens is 238 g/mol. The summed E-state index contributed by atoms with van der Waals surface area (Å²) < 4.78 is 1.82. The zero-order chi connectivity index (χ0) is 11.4. The lowest BCUT2D eigenvalue weighted by Crippen LogP contribution is -2.14. The minimum atomic E-state index is -0.211. The molecule has 1 aromatic heterocycles. The van der Waals surface area contributed by atoms with E-state index in [9.17, 15) is 4.79 Å². The molecule has 0 fully saturated rings. The summed E-state index contributed by atoms with van der Waals surface area (Å²) in [6.45, 7) is 1.42. The summed E-state index contributed by atoms with van der Waals surface area (Å²) in [4.78, 5) is 14.6. The Morgan fingerprint density at radius 1 is 1.47 bits per heavy atom. The predicted molar refractivity (Wildman–Crippen MR) is 67.7 cm³/mol. The average molecular weight is 252 g/mol. The van der Waals surface area contributed by atoms with Gasteiger partial charge in [-0.15, -0.1) is 12.4 Å². The van der Waals surface area contributed by atoms with Crippen LogP contribution in [0.1, 0.15) is 19.4 Å². The van der Waals surface area contributed by atoms with Crippen molar-refractivity contribution in [3.63, 3.8) is 0 Å². The molecule has 0 atom stereocenters. The molecule has 1 amide bonds. The SMILES string of the molecule is CC(=O)N=c1ccn(C2C=CCC=C2)nc1.Cl. The molecule has 0 saturated heterocycles. The Bertz CT molecular complexity index is 484. The third-order valence-corrected chi connectivity index (χ3v) is 2.25. The molecule has 0 bridgehead atoms. The Morgan fingerprint density at radius 3 is 2.71 bits per heavy atom. The lowest BCUT2D eigenvalue weighted by atomic mass is 10.1. The van der Waals surface area contributed by atoms with Crippen LogP contribution in [0.25, 0.3) is 0 Å². The first-order chi connectivity index (χ1) is 7.75. The van der Waals surface area contributed by atoms with E-state index in [1.54, 1.807) is 12.3 Å². The van der Waals surface area contributed by atoms with Gasteiger partial charge in [0.1, 0.15) is 0 Å². The van der Waals surface area contributed by atoms with Crippen LogP contribution in [0.2, 0.25) is 0 Å². The molecule has 0 unspecified atom stereocenters. The number of hydrogen-bond donors (Lipinski definition) is 0. The molecule has 0 spiro atoms. The van der Waals surface area contributed by atoms with Crippen molar-refractivity contribution in [3.8, 4) is 0 Å². The Kier molecular flexibility index (Phi) is 4.84. The molecule has 0 saturated carbocycles. The third-order valence-electron chi connectivity index (χ3n) is 2.25. The molecule has 0 aliphatic heterocycles. The number of halogens is 1. The van der Waals surface area contributed by atoms with Crippen LogP contribution in [-0.4, -0.2) is 15.7 Å². The maximum atomic E-state index is 10.8. The van der Waals surface area contributed by atoms with Gasteiger partial charge in [0.15, 0.2) is 0 Å². The zero-order valence-electron chi connectivity index (χ0n) is 9.48. The highest BCUT2D eigenvalue weighted by molar-refractivity contribution is 5.85. The summed E-state index contributed by atoms with van der Waals surface area (Å²) in [7, 11) is 0. The minimum Gasteiger partial charge on any atom is -0.273 e. The van der Waals surface area contributed by atoms with Crippen LogP contribution < -0.4 is 5.36 Å². The predicted octanol–water partition coefficient (Wildman–Crippen LogP) is 1.81. The van der Waals surface area contributed by atoms with Gasteiger partial charge in [0.05, 0.1) is 17.6 Å². The van der Waals surface area contributed by atoms with Crippen molar-refractivity contribution >= 4 is 18.3 Å². The molecule has 1 heterocycles. The van der Waals surface area contributed by atoms with Crippen LogP contribution in [0.15, 0.2) is 47.8 Å². The number of carbonyl (C=O) groups excluding carboxylic acids is 1. The number of hydrogen-bond acceptors (Lipinski definition) is 2. The fraction of sp³-hybridized carbons (Fsp3) is 0.250. The highest BCUT2D eigenvalue weighted by atomic mass is 35.5. The van der Waals surface area contributed by atoms with E-state index in [2.05, 4.69) is 34.4 Å². The standard InChI is InChI=1S/C12H13N3O.ClH/c1-10(16)14-11-7-8-15(13-9-11)12-5-3-2-4-6-12;/h3-9,12H,2H2,1H3;1H. The van der Waals surface area contributed by atoms with E-state index in [4.69, 9.17) is 0 Å². The Balaban J connectivity index is 0.00000144. The number of nitrogens with zero attached hydrogens (tertiary/aromatic N) is 3. The van der Waals surface area contributed by atoms with E-state index in [1.807, 2.05) is 10.9 Å². The van der Waals surface area contributed by atoms with E-state index < -0.39 is 0 Å². The van der Waals surface area contributed by atoms with Gasteiger partial charge in [-0.2, -0.15) is 5.10 Å². The second-order valence-electron chi connectivity index (χ2n) is 3.58. The number of carbonyl (C=O) groups is 1. The average Bonchev–Trinajstić information content (AvgIpc) is 2.30. The first kappa shape index (κ1) is 13.4. The molecule has 17 heavy (non-hydrogen) atoms. The van der Waals surface area contributed by atoms with Crippen LogP contribution in [0.4, 0.5) is 0 Å². The topological polar surface area (TPSA) is 47.2 Å². The van der Waals surface area contributed by atoms with Crippen LogP contribution in [0.5, 0.6) is 0 Å². The molecule has 0 N–H and O–H groups in total. The van der Waals surface area contributed by atoms with E-state index in [0.29, 0.717) is 5.36 Å². The molecule has 90 valence electrons. The molecule has 5 heteroatoms. The first-order valence-electron chi connectivity index (χ1n) is 5.19. The van der Waals surface area contributed by atoms with Gasteiger partial charge in [-0.1, -0.05) is 24.3 Å². The summed E-state index contributed by atoms with van der Waals surface area (Å²) in [5.74, 6) is -0.211. The number of aromatic nitrogens is 2. The molecule has 4 nitrogen and oxygen atoms in total. The molecule has 0 radical (unpaired) electrons. The van der Waals surface area contributed by atoms with Gasteiger partial charge in [-0.25, -0.2) is 4.99 Å². The molecule has 1 aromatic rings. The van der Waals surface area contributed by atoms with Crippen molar-refractivity contribution in [2.75, 3.05) is 0 Å². The fourth-order valence-corrected chi connectivity index (χ4v) is 1.54. The second-order valence-corrected chi connectivity index (χ2v) is 3.58. The van der Waals surface area contributed by atoms with Crippen molar-refractivity contribution in [2.24, 2.45) is 4.99 Å². The number of amides is 1. The first-order valence-corrected chi connectivity index (χ1v) is 5.19. The Morgan fingerprint density at radius 2 is 2.18 bits per heavy atom. The van der Waals surface area contributed by atoms with Crippen molar-refractivity contribution in [1.82, 2.24) is 9.78 Å². The van der Waals surface area contributed by atoms with Gasteiger partial charge in [-0.3, -0.25) is 9.48 Å². The summed E-state index contributed by atoms with van der Waals surface area (Å²) in [5, 5.41) is 4.81. The highest BCUT2D eigenvalue weighted by Crippen LogP contribution is 2.12. The maximum absolute atomic E-state index is 10.8. The Hall–Kier alpha value is -1.68. The van der Waals surface area contributed by atoms with Gasteiger partial charge in [0.25, 0.3) is 0 Å². The summed E-state index contributed by atoms with van der Waals surface area (Å²) in [6, 6.07) is 1.95. The van der Waals surface area contributed by atoms with Crippen LogP contribution in [0.3, 0.4) is 0 Å². The van der Waals surface area contributed by atoms with Crippen molar-refractivity contribution in [1.29, 1.82) is 0 Å². The number of rotatable bonds is 1. The summed E-state index contributed by atoms with van der Waals surface area (Å²) >= 11 is 0. The van der Waals surface area contributed by atoms with E-state index >= 15 is 0 Å². The minimum absolute atomic E-state index is 0. The van der Waals surface area contributed by atoms with Crippen molar-refractivity contribution in [3.05, 3.63) is 48.1 Å². The second kappa shape index (κ2) is 6.15. The van der Waals surface area contributed by atoms with Gasteiger partial charge in [0, 0.05) is 13.1 Å². The smallest absolute Gasteiger partial charge is 0.243 e. The van der Waals surface area contributed by atoms with E-state index in [0.717, 1.165) is 6.42 Å². The maximum Gasteiger partial charge on any atom is 0.243 e. The summed E-state index contributed by atoms with van der Waals surface area (Å²) in [6.07, 6.45) is 12.8. The zero-order valence-corrected chi connectivity index (χ0v) is 10.3. The summed E-state index contributed by atoms with van der Waals surface area (Å²) in [5.41, 5.74) is 0. The molecule has 1 aliphatic rings. The van der Waals surface area contributed by atoms with Crippen LogP contribution in [0, 0.1) is 0 Å². The van der Waals surface area contributed by atoms with Gasteiger partial charge >= 0.3 is 0 Å². The van der Waals surface area contributed by atoms with Crippen LogP contribution >= 0.6 is 12.4 Å². The lowest BCUT2D eigenvalue weighted by molar-refractivity contribution is -0.116. The van der Waals surface area contributed by atoms with E-state index in [1.165, 1.54) is 6.92 Å². The normalized spacial score (nSPS) is 15.7. The van der Waals surface area contributed by atoms with E-state index in [-0.39, 0.29) is 24.4 Å². The molecule has 2 rings (SSSR count). The van der Waals surface area contributed by atoms with Gasteiger partial charge in [-0.05, 0) is 12.5 Å². The monoisotopic (exact) mass is 251 g/mol. The lowest BCUT2D eigenvalue weighted by Gasteiger charge is -2.13. The Labute approximate surface area is 106 Å². The van der Waals surface area contributed by atoms with Gasteiger partial charge < -0.3 is 0 Å². The molecular formula is C12H14ClN3O. The third kappa shape index (κ3) is 3.67. The highest BCUT2D eigenvalue weighted by Gasteiger charge is 2.03. The molecule has 0 aromatic carbocycles. The molecule has 1 aliphatic carbocycles.